The third-order valence-corrected chi connectivity index (χ3v) is 2.62. The Balaban J connectivity index is 3.29. The molecule has 1 aromatic rings. The van der Waals surface area contributed by atoms with Crippen molar-refractivity contribution in [2.75, 3.05) is 12.8 Å². The highest BCUT2D eigenvalue weighted by molar-refractivity contribution is 9.10. The van der Waals surface area contributed by atoms with Gasteiger partial charge in [-0.25, -0.2) is 0 Å². The second-order valence-electron chi connectivity index (χ2n) is 2.55. The van der Waals surface area contributed by atoms with Crippen LogP contribution in [-0.4, -0.2) is 12.2 Å². The number of benzene rings is 1. The van der Waals surface area contributed by atoms with Crippen molar-refractivity contribution in [2.45, 2.75) is 0 Å². The van der Waals surface area contributed by atoms with E-state index < -0.39 is 0 Å². The summed E-state index contributed by atoms with van der Waals surface area (Å²) >= 11 is 9.02. The van der Waals surface area contributed by atoms with Gasteiger partial charge in [0, 0.05) is 17.3 Å². The van der Waals surface area contributed by atoms with Crippen molar-refractivity contribution in [1.82, 2.24) is 0 Å². The van der Waals surface area contributed by atoms with Crippen LogP contribution in [0.2, 0.25) is 0 Å². The smallest absolute Gasteiger partial charge is 0.135 e. The number of nitrogens with two attached hydrogens (primary N) is 1. The summed E-state index contributed by atoms with van der Waals surface area (Å²) in [6, 6.07) is 3.31. The van der Waals surface area contributed by atoms with Crippen LogP contribution in [0.4, 0.5) is 5.69 Å². The van der Waals surface area contributed by atoms with Crippen LogP contribution in [0.15, 0.2) is 22.9 Å². The van der Waals surface area contributed by atoms with E-state index >= 15 is 0 Å². The van der Waals surface area contributed by atoms with Crippen LogP contribution in [0.5, 0.6) is 5.75 Å². The van der Waals surface area contributed by atoms with Gasteiger partial charge in [-0.05, 0) is 22.0 Å². The van der Waals surface area contributed by atoms with E-state index in [0.717, 1.165) is 10.7 Å². The lowest BCUT2D eigenvalue weighted by atomic mass is 10.1. The summed E-state index contributed by atoms with van der Waals surface area (Å²) in [6.07, 6.45) is 0.798. The van der Waals surface area contributed by atoms with E-state index in [1.165, 1.54) is 0 Å². The molecule has 0 fully saturated rings. The molecule has 0 saturated heterocycles. The van der Waals surface area contributed by atoms with Crippen LogP contribution in [0.25, 0.3) is 5.03 Å². The fraction of sp³-hybridized carbons (Fsp3) is 0.111. The van der Waals surface area contributed by atoms with Gasteiger partial charge >= 0.3 is 0 Å². The third-order valence-electron chi connectivity index (χ3n) is 1.69. The Labute approximate surface area is 95.3 Å². The largest absolute Gasteiger partial charge is 0.514 e. The van der Waals surface area contributed by atoms with E-state index in [1.54, 1.807) is 19.2 Å². The molecule has 0 aliphatic heterocycles. The Morgan fingerprint density at radius 1 is 1.64 bits per heavy atom. The Morgan fingerprint density at radius 2 is 2.29 bits per heavy atom. The zero-order valence-electron chi connectivity index (χ0n) is 7.42. The fourth-order valence-corrected chi connectivity index (χ4v) is 1.67. The maximum Gasteiger partial charge on any atom is 0.135 e. The number of hydrogen-bond acceptors (Lipinski definition) is 3. The second-order valence-corrected chi connectivity index (χ2v) is 3.81. The molecule has 0 amide bonds. The minimum absolute atomic E-state index is 0.186. The molecule has 1 rings (SSSR count). The van der Waals surface area contributed by atoms with E-state index in [9.17, 15) is 0 Å². The van der Waals surface area contributed by atoms with Crippen LogP contribution in [0, 0.1) is 0 Å². The van der Waals surface area contributed by atoms with E-state index in [4.69, 9.17) is 27.2 Å². The molecule has 76 valence electrons. The van der Waals surface area contributed by atoms with Crippen LogP contribution >= 0.6 is 27.5 Å². The third kappa shape index (κ3) is 2.13. The molecule has 0 aromatic heterocycles. The molecule has 0 unspecified atom stereocenters. The van der Waals surface area contributed by atoms with Gasteiger partial charge in [-0.15, -0.1) is 0 Å². The van der Waals surface area contributed by atoms with Crippen LogP contribution < -0.4 is 10.5 Å². The highest BCUT2D eigenvalue weighted by atomic mass is 79.9. The normalized spacial score (nSPS) is 11.5. The van der Waals surface area contributed by atoms with Gasteiger partial charge in [0.15, 0.2) is 0 Å². The molecule has 0 aliphatic rings. The first-order valence-corrected chi connectivity index (χ1v) is 4.90. The molecule has 14 heavy (non-hydrogen) atoms. The summed E-state index contributed by atoms with van der Waals surface area (Å²) in [5.41, 5.74) is 6.71. The Bertz CT molecular complexity index is 379. The van der Waals surface area contributed by atoms with Crippen molar-refractivity contribution in [3.8, 4) is 5.75 Å². The molecule has 5 heteroatoms. The van der Waals surface area contributed by atoms with Crippen molar-refractivity contribution in [3.63, 3.8) is 0 Å². The van der Waals surface area contributed by atoms with Gasteiger partial charge in [0.05, 0.1) is 22.9 Å². The zero-order valence-corrected chi connectivity index (χ0v) is 9.76. The summed E-state index contributed by atoms with van der Waals surface area (Å²) in [4.78, 5) is 0. The van der Waals surface area contributed by atoms with E-state index in [0.29, 0.717) is 17.0 Å². The van der Waals surface area contributed by atoms with E-state index in [1.807, 2.05) is 0 Å². The zero-order chi connectivity index (χ0) is 10.7. The number of halogens is 2. The van der Waals surface area contributed by atoms with Crippen molar-refractivity contribution >= 4 is 38.3 Å². The molecule has 0 atom stereocenters. The standard InChI is InChI=1S/C9H9BrClNO2/c1-14-9-3-8(12)5(2-6(9)10)7(11)4-13/h2-4,13H,12H2,1H3/b7-4+. The van der Waals surface area contributed by atoms with Gasteiger partial charge in [0.1, 0.15) is 5.75 Å². The van der Waals surface area contributed by atoms with E-state index in [2.05, 4.69) is 15.9 Å². The van der Waals surface area contributed by atoms with Crippen LogP contribution in [0.3, 0.4) is 0 Å². The molecule has 0 aliphatic carbocycles. The number of anilines is 1. The average molecular weight is 279 g/mol. The Morgan fingerprint density at radius 3 is 2.79 bits per heavy atom. The number of methoxy groups -OCH3 is 1. The lowest BCUT2D eigenvalue weighted by Gasteiger charge is -2.08. The van der Waals surface area contributed by atoms with Gasteiger partial charge in [0.25, 0.3) is 0 Å². The molecule has 0 spiro atoms. The monoisotopic (exact) mass is 277 g/mol. The second kappa shape index (κ2) is 4.57. The van der Waals surface area contributed by atoms with Gasteiger partial charge in [0.2, 0.25) is 0 Å². The Hall–Kier alpha value is -0.870. The van der Waals surface area contributed by atoms with Gasteiger partial charge < -0.3 is 15.6 Å². The lowest BCUT2D eigenvalue weighted by molar-refractivity contribution is 0.412. The van der Waals surface area contributed by atoms with Crippen molar-refractivity contribution in [1.29, 1.82) is 0 Å². The molecular formula is C9H9BrClNO2. The van der Waals surface area contributed by atoms with Gasteiger partial charge in [-0.3, -0.25) is 0 Å². The molecule has 1 aromatic carbocycles. The first-order chi connectivity index (χ1) is 6.60. The average Bonchev–Trinajstić information content (AvgIpc) is 2.19. The maximum absolute atomic E-state index is 8.73. The van der Waals surface area contributed by atoms with Crippen LogP contribution in [0.1, 0.15) is 5.56 Å². The molecule has 0 bridgehead atoms. The number of aliphatic hydroxyl groups is 1. The van der Waals surface area contributed by atoms with Crippen LogP contribution in [-0.2, 0) is 0 Å². The number of ether oxygens (including phenoxy) is 1. The van der Waals surface area contributed by atoms with Gasteiger partial charge in [-0.2, -0.15) is 0 Å². The molecule has 0 saturated carbocycles. The SMILES string of the molecule is COc1cc(N)c(/C(Cl)=C\O)cc1Br. The minimum Gasteiger partial charge on any atom is -0.514 e. The molecule has 0 radical (unpaired) electrons. The van der Waals surface area contributed by atoms with Crippen molar-refractivity contribution in [3.05, 3.63) is 28.4 Å². The van der Waals surface area contributed by atoms with Crippen molar-refractivity contribution in [2.24, 2.45) is 0 Å². The molecule has 3 nitrogen and oxygen atoms in total. The topological polar surface area (TPSA) is 55.5 Å². The van der Waals surface area contributed by atoms with E-state index in [-0.39, 0.29) is 5.03 Å². The molecule has 3 N–H and O–H groups in total. The predicted molar refractivity (Wildman–Crippen MR) is 61.6 cm³/mol. The first kappa shape index (κ1) is 11.2. The number of rotatable bonds is 2. The summed E-state index contributed by atoms with van der Waals surface area (Å²) in [5.74, 6) is 0.619. The summed E-state index contributed by atoms with van der Waals surface area (Å²) in [5, 5.41) is 8.92. The summed E-state index contributed by atoms with van der Waals surface area (Å²) < 4.78 is 5.77. The fourth-order valence-electron chi connectivity index (χ4n) is 1.00. The highest BCUT2D eigenvalue weighted by Gasteiger charge is 2.09. The minimum atomic E-state index is 0.186. The van der Waals surface area contributed by atoms with Gasteiger partial charge in [-0.1, -0.05) is 11.6 Å². The Kier molecular flexibility index (Phi) is 3.66. The highest BCUT2D eigenvalue weighted by Crippen LogP contribution is 2.34. The lowest BCUT2D eigenvalue weighted by Crippen LogP contribution is -1.94. The predicted octanol–water partition coefficient (Wildman–Crippen LogP) is 3.14. The number of aliphatic hydroxyl groups excluding tert-OH is 1. The summed E-state index contributed by atoms with van der Waals surface area (Å²) in [6.45, 7) is 0. The summed E-state index contributed by atoms with van der Waals surface area (Å²) in [7, 11) is 1.54. The van der Waals surface area contributed by atoms with Crippen molar-refractivity contribution < 1.29 is 9.84 Å². The quantitative estimate of drug-likeness (QED) is 0.645. The number of nitrogen functional groups attached to an aromatic ring is 1. The molecular weight excluding hydrogens is 269 g/mol. The first-order valence-electron chi connectivity index (χ1n) is 3.73. The maximum atomic E-state index is 8.73. The number of hydrogen-bond donors (Lipinski definition) is 2. The molecule has 0 heterocycles.